The van der Waals surface area contributed by atoms with E-state index in [1.54, 1.807) is 0 Å². The van der Waals surface area contributed by atoms with Gasteiger partial charge in [-0.25, -0.2) is 0 Å². The molecule has 0 saturated carbocycles. The Morgan fingerprint density at radius 1 is 0.875 bits per heavy atom. The van der Waals surface area contributed by atoms with Crippen LogP contribution in [0.15, 0.2) is 103 Å². The van der Waals surface area contributed by atoms with Crippen molar-refractivity contribution in [3.05, 3.63) is 125 Å². The maximum absolute atomic E-state index is 6.92. The Morgan fingerprint density at radius 3 is 2.65 bits per heavy atom. The van der Waals surface area contributed by atoms with Gasteiger partial charge in [0.2, 0.25) is 0 Å². The monoisotopic (exact) mass is 523 g/mol. The average molecular weight is 524 g/mol. The van der Waals surface area contributed by atoms with E-state index in [0.29, 0.717) is 17.8 Å². The number of allylic oxidation sites excluding steroid dienone is 2. The van der Waals surface area contributed by atoms with E-state index < -0.39 is 0 Å². The fourth-order valence-corrected chi connectivity index (χ4v) is 8.43. The third-order valence-corrected chi connectivity index (χ3v) is 10.2. The summed E-state index contributed by atoms with van der Waals surface area (Å²) in [7, 11) is 0. The average Bonchev–Trinajstić information content (AvgIpc) is 3.63. The number of ether oxygens (including phenoxy) is 2. The quantitative estimate of drug-likeness (QED) is 0.246. The van der Waals surface area contributed by atoms with Crippen LogP contribution >= 0.6 is 0 Å². The molecule has 0 fully saturated rings. The predicted molar refractivity (Wildman–Crippen MR) is 160 cm³/mol. The van der Waals surface area contributed by atoms with Crippen LogP contribution in [0.3, 0.4) is 0 Å². The van der Waals surface area contributed by atoms with E-state index in [-0.39, 0.29) is 11.7 Å². The molecular formula is C37H33NO2. The van der Waals surface area contributed by atoms with Gasteiger partial charge in [-0.2, -0.15) is 0 Å². The SMILES string of the molecule is C[C@@]12C=CCCC1C1=C(O2)c2c(n(-c3ccccc3C3C=CC4Oc5ccccc5C4C3)c3ccccc23)CC1. The molecule has 0 radical (unpaired) electrons. The van der Waals surface area contributed by atoms with Gasteiger partial charge in [-0.05, 0) is 80.5 Å². The first-order valence-electron chi connectivity index (χ1n) is 15.0. The van der Waals surface area contributed by atoms with Gasteiger partial charge in [0.15, 0.2) is 0 Å². The van der Waals surface area contributed by atoms with Crippen molar-refractivity contribution >= 4 is 16.7 Å². The van der Waals surface area contributed by atoms with Crippen LogP contribution < -0.4 is 4.74 Å². The van der Waals surface area contributed by atoms with Crippen LogP contribution in [0.5, 0.6) is 5.75 Å². The maximum atomic E-state index is 6.92. The Hall–Kier alpha value is -3.98. The van der Waals surface area contributed by atoms with Crippen molar-refractivity contribution in [1.29, 1.82) is 0 Å². The zero-order valence-electron chi connectivity index (χ0n) is 22.8. The van der Waals surface area contributed by atoms with Gasteiger partial charge in [0.05, 0.1) is 5.52 Å². The number of benzene rings is 3. The molecule has 198 valence electrons. The Bertz CT molecular complexity index is 1790. The molecule has 3 aromatic carbocycles. The molecule has 0 bridgehead atoms. The lowest BCUT2D eigenvalue weighted by atomic mass is 9.75. The molecule has 3 aliphatic carbocycles. The van der Waals surface area contributed by atoms with Crippen molar-refractivity contribution in [1.82, 2.24) is 4.57 Å². The molecule has 5 aliphatic rings. The highest BCUT2D eigenvalue weighted by Gasteiger charge is 2.48. The number of nitrogens with zero attached hydrogens (tertiary/aromatic N) is 1. The van der Waals surface area contributed by atoms with Gasteiger partial charge in [-0.1, -0.05) is 66.7 Å². The molecule has 4 unspecified atom stereocenters. The summed E-state index contributed by atoms with van der Waals surface area (Å²) in [5.74, 6) is 3.43. The summed E-state index contributed by atoms with van der Waals surface area (Å²) in [6.07, 6.45) is 15.0. The summed E-state index contributed by atoms with van der Waals surface area (Å²) in [5.41, 5.74) is 9.36. The highest BCUT2D eigenvalue weighted by molar-refractivity contribution is 5.97. The minimum atomic E-state index is -0.214. The van der Waals surface area contributed by atoms with Crippen LogP contribution in [0.1, 0.15) is 66.8 Å². The van der Waals surface area contributed by atoms with Crippen molar-refractivity contribution in [2.24, 2.45) is 5.92 Å². The molecule has 40 heavy (non-hydrogen) atoms. The fraction of sp³-hybridized carbons (Fsp3) is 0.297. The van der Waals surface area contributed by atoms with Crippen molar-refractivity contribution in [2.75, 3.05) is 0 Å². The van der Waals surface area contributed by atoms with Crippen LogP contribution in [-0.2, 0) is 11.2 Å². The fourth-order valence-electron chi connectivity index (χ4n) is 8.43. The first-order chi connectivity index (χ1) is 19.7. The van der Waals surface area contributed by atoms with Crippen LogP contribution in [0.2, 0.25) is 0 Å². The summed E-state index contributed by atoms with van der Waals surface area (Å²) >= 11 is 0. The topological polar surface area (TPSA) is 23.4 Å². The third-order valence-electron chi connectivity index (χ3n) is 10.2. The molecule has 2 aliphatic heterocycles. The first kappa shape index (κ1) is 22.8. The molecule has 0 N–H and O–H groups in total. The van der Waals surface area contributed by atoms with Gasteiger partial charge < -0.3 is 14.0 Å². The molecule has 4 aromatic rings. The van der Waals surface area contributed by atoms with E-state index in [1.165, 1.54) is 51.0 Å². The summed E-state index contributed by atoms with van der Waals surface area (Å²) < 4.78 is 15.8. The molecule has 3 heteroatoms. The predicted octanol–water partition coefficient (Wildman–Crippen LogP) is 8.63. The molecule has 0 saturated heterocycles. The van der Waals surface area contributed by atoms with Crippen molar-refractivity contribution in [3.8, 4) is 11.4 Å². The summed E-state index contributed by atoms with van der Waals surface area (Å²) in [6.45, 7) is 2.29. The van der Waals surface area contributed by atoms with Gasteiger partial charge in [0.25, 0.3) is 0 Å². The zero-order valence-corrected chi connectivity index (χ0v) is 22.8. The summed E-state index contributed by atoms with van der Waals surface area (Å²) in [6, 6.07) is 26.6. The maximum Gasteiger partial charge on any atom is 0.131 e. The second kappa shape index (κ2) is 8.27. The number of fused-ring (bicyclic) bond motifs is 9. The zero-order chi connectivity index (χ0) is 26.4. The Balaban J connectivity index is 1.19. The van der Waals surface area contributed by atoms with Crippen molar-refractivity contribution in [3.63, 3.8) is 0 Å². The van der Waals surface area contributed by atoms with E-state index in [9.17, 15) is 0 Å². The molecule has 1 aromatic heterocycles. The summed E-state index contributed by atoms with van der Waals surface area (Å²) in [4.78, 5) is 0. The lowest BCUT2D eigenvalue weighted by Crippen LogP contribution is -2.33. The Kier molecular flexibility index (Phi) is 4.71. The Labute approximate surface area is 235 Å². The largest absolute Gasteiger partial charge is 0.485 e. The van der Waals surface area contributed by atoms with E-state index in [1.807, 2.05) is 0 Å². The van der Waals surface area contributed by atoms with E-state index in [4.69, 9.17) is 9.47 Å². The van der Waals surface area contributed by atoms with Crippen molar-refractivity contribution < 1.29 is 9.47 Å². The Morgan fingerprint density at radius 2 is 1.70 bits per heavy atom. The van der Waals surface area contributed by atoms with E-state index in [2.05, 4.69) is 109 Å². The van der Waals surface area contributed by atoms with Crippen LogP contribution in [0.4, 0.5) is 0 Å². The van der Waals surface area contributed by atoms with Gasteiger partial charge >= 0.3 is 0 Å². The highest BCUT2D eigenvalue weighted by atomic mass is 16.5. The highest BCUT2D eigenvalue weighted by Crippen LogP contribution is 2.55. The molecular weight excluding hydrogens is 490 g/mol. The van der Waals surface area contributed by atoms with E-state index >= 15 is 0 Å². The van der Waals surface area contributed by atoms with Crippen LogP contribution in [0.25, 0.3) is 22.3 Å². The lowest BCUT2D eigenvalue weighted by Gasteiger charge is -2.32. The molecule has 0 amide bonds. The second-order valence-corrected chi connectivity index (χ2v) is 12.4. The number of rotatable bonds is 2. The van der Waals surface area contributed by atoms with E-state index in [0.717, 1.165) is 37.2 Å². The number of aromatic nitrogens is 1. The van der Waals surface area contributed by atoms with Gasteiger partial charge in [-0.15, -0.1) is 0 Å². The molecule has 9 rings (SSSR count). The van der Waals surface area contributed by atoms with Crippen LogP contribution in [0, 0.1) is 5.92 Å². The molecule has 5 atom stereocenters. The minimum Gasteiger partial charge on any atom is -0.485 e. The second-order valence-electron chi connectivity index (χ2n) is 12.4. The van der Waals surface area contributed by atoms with Gasteiger partial charge in [-0.3, -0.25) is 0 Å². The summed E-state index contributed by atoms with van der Waals surface area (Å²) in [5, 5.41) is 1.31. The molecule has 0 spiro atoms. The smallest absolute Gasteiger partial charge is 0.131 e. The molecule has 3 heterocycles. The normalized spacial score (nSPS) is 29.3. The van der Waals surface area contributed by atoms with Crippen molar-refractivity contribution in [2.45, 2.75) is 62.6 Å². The first-order valence-corrected chi connectivity index (χ1v) is 15.0. The third kappa shape index (κ3) is 3.06. The van der Waals surface area contributed by atoms with Crippen LogP contribution in [-0.4, -0.2) is 16.3 Å². The lowest BCUT2D eigenvalue weighted by molar-refractivity contribution is 0.0795. The standard InChI is InChI=1S/C37H33NO2/c1-37-21-9-8-13-29(37)26-18-19-32-35(36(26)40-37)27-12-3-6-15-31(27)38(32)30-14-5-2-10-24(30)23-17-20-34-28(22-23)25-11-4-7-16-33(25)39-34/h2-7,9-12,14-17,20-21,23,28-29,34H,8,13,18-19,22H2,1H3/t23?,28?,29?,34?,37-/m1/s1. The number of hydrogen-bond acceptors (Lipinski definition) is 2. The van der Waals surface area contributed by atoms with Gasteiger partial charge in [0, 0.05) is 45.6 Å². The number of para-hydroxylation sites is 3. The number of hydrogen-bond donors (Lipinski definition) is 0. The molecule has 3 nitrogen and oxygen atoms in total. The van der Waals surface area contributed by atoms with Gasteiger partial charge in [0.1, 0.15) is 23.2 Å². The minimum absolute atomic E-state index is 0.143.